The number of hydrogen-bond acceptors (Lipinski definition) is 5. The summed E-state index contributed by atoms with van der Waals surface area (Å²) in [5.41, 5.74) is 1.77. The van der Waals surface area contributed by atoms with Gasteiger partial charge in [-0.15, -0.1) is 0 Å². The highest BCUT2D eigenvalue weighted by atomic mass is 16.2. The Morgan fingerprint density at radius 1 is 1.15 bits per heavy atom. The van der Waals surface area contributed by atoms with E-state index in [-0.39, 0.29) is 18.0 Å². The lowest BCUT2D eigenvalue weighted by Crippen LogP contribution is -2.56. The first-order valence-corrected chi connectivity index (χ1v) is 9.11. The molecule has 134 valence electrons. The number of fused-ring (bicyclic) bond motifs is 3. The highest BCUT2D eigenvalue weighted by Crippen LogP contribution is 2.35. The monoisotopic (exact) mass is 358 g/mol. The van der Waals surface area contributed by atoms with Crippen LogP contribution < -0.4 is 4.90 Å². The number of carbonyl (C=O) groups excluding carboxylic acids is 1. The molecule has 0 radical (unpaired) electrons. The van der Waals surface area contributed by atoms with Gasteiger partial charge in [0.1, 0.15) is 17.8 Å². The molecular formula is C20H18N6O. The van der Waals surface area contributed by atoms with Crippen LogP contribution in [0.5, 0.6) is 0 Å². The van der Waals surface area contributed by atoms with Gasteiger partial charge in [0.15, 0.2) is 0 Å². The van der Waals surface area contributed by atoms with Gasteiger partial charge >= 0.3 is 0 Å². The number of aromatic nitrogens is 3. The standard InChI is InChI=1S/C20H18N6O/c21-9-13-3-1-2-4-16(13)20(27)26-14-5-6-15(26)11-25(10-14)19-17-7-8-22-18(17)23-12-24-19/h1-4,7-8,12,14-15H,5-6,10-11H2,(H,22,23,24). The van der Waals surface area contributed by atoms with Crippen molar-refractivity contribution in [1.29, 1.82) is 5.26 Å². The molecule has 0 aliphatic carbocycles. The molecule has 4 heterocycles. The van der Waals surface area contributed by atoms with Crippen LogP contribution in [0.4, 0.5) is 5.82 Å². The number of nitrogens with zero attached hydrogens (tertiary/aromatic N) is 5. The maximum Gasteiger partial charge on any atom is 0.255 e. The van der Waals surface area contributed by atoms with Crippen LogP contribution in [0, 0.1) is 11.3 Å². The summed E-state index contributed by atoms with van der Waals surface area (Å²) in [5.74, 6) is 0.886. The first kappa shape index (κ1) is 15.8. The fourth-order valence-corrected chi connectivity index (χ4v) is 4.42. The minimum Gasteiger partial charge on any atom is -0.352 e. The van der Waals surface area contributed by atoms with Crippen molar-refractivity contribution in [1.82, 2.24) is 19.9 Å². The summed E-state index contributed by atoms with van der Waals surface area (Å²) >= 11 is 0. The first-order chi connectivity index (χ1) is 13.3. The van der Waals surface area contributed by atoms with Crippen molar-refractivity contribution in [3.8, 4) is 6.07 Å². The zero-order valence-electron chi connectivity index (χ0n) is 14.7. The van der Waals surface area contributed by atoms with Gasteiger partial charge in [-0.05, 0) is 31.0 Å². The minimum absolute atomic E-state index is 0.0335. The maximum atomic E-state index is 13.2. The number of nitrogens with one attached hydrogen (secondary N) is 1. The van der Waals surface area contributed by atoms with E-state index in [0.29, 0.717) is 11.1 Å². The van der Waals surface area contributed by atoms with Crippen LogP contribution in [0.1, 0.15) is 28.8 Å². The Labute approximate surface area is 156 Å². The van der Waals surface area contributed by atoms with Gasteiger partial charge in [-0.2, -0.15) is 5.26 Å². The lowest BCUT2D eigenvalue weighted by molar-refractivity contribution is 0.0641. The van der Waals surface area contributed by atoms with E-state index < -0.39 is 0 Å². The number of benzene rings is 1. The van der Waals surface area contributed by atoms with Crippen LogP contribution in [0.2, 0.25) is 0 Å². The number of hydrogen-bond donors (Lipinski definition) is 1. The summed E-state index contributed by atoms with van der Waals surface area (Å²) < 4.78 is 0. The number of aromatic amines is 1. The summed E-state index contributed by atoms with van der Waals surface area (Å²) in [6.07, 6.45) is 5.40. The molecule has 7 nitrogen and oxygen atoms in total. The normalized spacial score (nSPS) is 21.4. The average molecular weight is 358 g/mol. The zero-order chi connectivity index (χ0) is 18.4. The second-order valence-corrected chi connectivity index (χ2v) is 7.10. The van der Waals surface area contributed by atoms with Crippen molar-refractivity contribution in [3.63, 3.8) is 0 Å². The first-order valence-electron chi connectivity index (χ1n) is 9.11. The van der Waals surface area contributed by atoms with E-state index in [2.05, 4.69) is 25.9 Å². The van der Waals surface area contributed by atoms with Gasteiger partial charge in [-0.25, -0.2) is 9.97 Å². The Bertz CT molecular complexity index is 1050. The smallest absolute Gasteiger partial charge is 0.255 e. The average Bonchev–Trinajstić information content (AvgIpc) is 3.29. The van der Waals surface area contributed by atoms with Crippen molar-refractivity contribution in [2.24, 2.45) is 0 Å². The van der Waals surface area contributed by atoms with E-state index in [9.17, 15) is 10.1 Å². The van der Waals surface area contributed by atoms with E-state index in [1.165, 1.54) is 0 Å². The van der Waals surface area contributed by atoms with Gasteiger partial charge in [0.05, 0.1) is 34.7 Å². The molecule has 2 aromatic heterocycles. The topological polar surface area (TPSA) is 88.9 Å². The number of carbonyl (C=O) groups is 1. The molecule has 0 saturated carbocycles. The number of piperazine rings is 1. The summed E-state index contributed by atoms with van der Waals surface area (Å²) in [6, 6.07) is 11.5. The lowest BCUT2D eigenvalue weighted by atomic mass is 10.0. The highest BCUT2D eigenvalue weighted by Gasteiger charge is 2.43. The van der Waals surface area contributed by atoms with Gasteiger partial charge in [0.25, 0.3) is 5.91 Å². The number of rotatable bonds is 2. The fourth-order valence-electron chi connectivity index (χ4n) is 4.42. The Morgan fingerprint density at radius 2 is 1.93 bits per heavy atom. The Kier molecular flexibility index (Phi) is 3.57. The quantitative estimate of drug-likeness (QED) is 0.759. The highest BCUT2D eigenvalue weighted by molar-refractivity contribution is 5.97. The van der Waals surface area contributed by atoms with Gasteiger partial charge < -0.3 is 14.8 Å². The number of amides is 1. The molecule has 2 aliphatic heterocycles. The molecule has 2 saturated heterocycles. The molecule has 2 atom stereocenters. The van der Waals surface area contributed by atoms with Crippen molar-refractivity contribution in [2.75, 3.05) is 18.0 Å². The van der Waals surface area contributed by atoms with Crippen LogP contribution in [0.3, 0.4) is 0 Å². The molecule has 2 aliphatic rings. The minimum atomic E-state index is -0.0335. The number of anilines is 1. The summed E-state index contributed by atoms with van der Waals surface area (Å²) in [4.78, 5) is 29.3. The van der Waals surface area contributed by atoms with Crippen LogP contribution in [0.15, 0.2) is 42.9 Å². The fraction of sp³-hybridized carbons (Fsp3) is 0.300. The van der Waals surface area contributed by atoms with Crippen LogP contribution in [0.25, 0.3) is 11.0 Å². The molecule has 2 fully saturated rings. The SMILES string of the molecule is N#Cc1ccccc1C(=O)N1C2CCC1CN(c1ncnc3[nH]ccc13)C2. The van der Waals surface area contributed by atoms with Crippen LogP contribution in [-0.2, 0) is 0 Å². The van der Waals surface area contributed by atoms with Crippen molar-refractivity contribution < 1.29 is 4.79 Å². The van der Waals surface area contributed by atoms with E-state index in [4.69, 9.17) is 0 Å². The van der Waals surface area contributed by atoms with E-state index in [0.717, 1.165) is 42.8 Å². The Hall–Kier alpha value is -3.40. The molecule has 3 aromatic rings. The lowest BCUT2D eigenvalue weighted by Gasteiger charge is -2.41. The molecule has 5 rings (SSSR count). The van der Waals surface area contributed by atoms with Crippen molar-refractivity contribution >= 4 is 22.8 Å². The summed E-state index contributed by atoms with van der Waals surface area (Å²) in [5, 5.41) is 10.3. The van der Waals surface area contributed by atoms with Crippen LogP contribution >= 0.6 is 0 Å². The third kappa shape index (κ3) is 2.45. The predicted molar refractivity (Wildman–Crippen MR) is 100 cm³/mol. The molecule has 2 unspecified atom stereocenters. The predicted octanol–water partition coefficient (Wildman–Crippen LogP) is 2.32. The van der Waals surface area contributed by atoms with Gasteiger partial charge in [-0.3, -0.25) is 4.79 Å². The molecule has 1 aromatic carbocycles. The second kappa shape index (κ2) is 6.09. The van der Waals surface area contributed by atoms with Gasteiger partial charge in [0.2, 0.25) is 0 Å². The second-order valence-electron chi connectivity index (χ2n) is 7.10. The number of H-pyrrole nitrogens is 1. The van der Waals surface area contributed by atoms with Crippen LogP contribution in [-0.4, -0.2) is 50.9 Å². The zero-order valence-corrected chi connectivity index (χ0v) is 14.7. The molecule has 27 heavy (non-hydrogen) atoms. The summed E-state index contributed by atoms with van der Waals surface area (Å²) in [6.45, 7) is 1.49. The summed E-state index contributed by atoms with van der Waals surface area (Å²) in [7, 11) is 0. The molecule has 0 spiro atoms. The largest absolute Gasteiger partial charge is 0.352 e. The Morgan fingerprint density at radius 3 is 2.70 bits per heavy atom. The van der Waals surface area contributed by atoms with E-state index in [1.54, 1.807) is 24.5 Å². The maximum absolute atomic E-state index is 13.2. The van der Waals surface area contributed by atoms with Gasteiger partial charge in [-0.1, -0.05) is 12.1 Å². The third-order valence-corrected chi connectivity index (χ3v) is 5.63. The van der Waals surface area contributed by atoms with Crippen molar-refractivity contribution in [2.45, 2.75) is 24.9 Å². The van der Waals surface area contributed by atoms with Gasteiger partial charge in [0, 0.05) is 19.3 Å². The molecule has 1 amide bonds. The molecule has 7 heteroatoms. The van der Waals surface area contributed by atoms with E-state index in [1.807, 2.05) is 23.2 Å². The third-order valence-electron chi connectivity index (χ3n) is 5.63. The van der Waals surface area contributed by atoms with E-state index >= 15 is 0 Å². The van der Waals surface area contributed by atoms with Crippen molar-refractivity contribution in [3.05, 3.63) is 54.0 Å². The Balaban J connectivity index is 1.45. The molecular weight excluding hydrogens is 340 g/mol. The number of nitriles is 1. The molecule has 2 bridgehead atoms. The molecule has 1 N–H and O–H groups in total.